The van der Waals surface area contributed by atoms with Crippen molar-refractivity contribution in [3.63, 3.8) is 0 Å². The zero-order valence-electron chi connectivity index (χ0n) is 9.91. The highest BCUT2D eigenvalue weighted by Crippen LogP contribution is 2.23. The molecule has 4 nitrogen and oxygen atoms in total. The van der Waals surface area contributed by atoms with E-state index in [2.05, 4.69) is 11.8 Å². The Bertz CT molecular complexity index is 578. The van der Waals surface area contributed by atoms with Crippen molar-refractivity contribution in [1.82, 2.24) is 0 Å². The maximum absolute atomic E-state index is 13.2. The van der Waals surface area contributed by atoms with E-state index < -0.39 is 22.2 Å². The summed E-state index contributed by atoms with van der Waals surface area (Å²) in [7, 11) is 0. The summed E-state index contributed by atoms with van der Waals surface area (Å²) >= 11 is 1.06. The number of nitro groups is 1. The van der Waals surface area contributed by atoms with Crippen molar-refractivity contribution in [2.45, 2.75) is 13.3 Å². The highest BCUT2D eigenvalue weighted by molar-refractivity contribution is 8.13. The molecule has 0 aliphatic rings. The van der Waals surface area contributed by atoms with Gasteiger partial charge in [-0.2, -0.15) is 4.39 Å². The smallest absolute Gasteiger partial charge is 0.288 e. The molecule has 7 heteroatoms. The molecule has 0 spiro atoms. The van der Waals surface area contributed by atoms with Crippen LogP contribution in [0, 0.1) is 33.6 Å². The van der Waals surface area contributed by atoms with Gasteiger partial charge >= 0.3 is 5.69 Å². The largest absolute Gasteiger partial charge is 0.320 e. The van der Waals surface area contributed by atoms with Gasteiger partial charge in [-0.15, -0.1) is 0 Å². The topological polar surface area (TPSA) is 60.2 Å². The van der Waals surface area contributed by atoms with E-state index in [4.69, 9.17) is 0 Å². The molecule has 0 unspecified atom stereocenters. The monoisotopic (exact) mass is 285 g/mol. The molecule has 100 valence electrons. The van der Waals surface area contributed by atoms with E-state index in [9.17, 15) is 23.7 Å². The first kappa shape index (κ1) is 15.1. The van der Waals surface area contributed by atoms with E-state index in [-0.39, 0.29) is 10.7 Å². The van der Waals surface area contributed by atoms with Crippen LogP contribution in [0.5, 0.6) is 0 Å². The summed E-state index contributed by atoms with van der Waals surface area (Å²) in [6.45, 7) is 1.41. The van der Waals surface area contributed by atoms with Crippen molar-refractivity contribution in [2.24, 2.45) is 0 Å². The van der Waals surface area contributed by atoms with Gasteiger partial charge in [0.1, 0.15) is 11.4 Å². The summed E-state index contributed by atoms with van der Waals surface area (Å²) < 4.78 is 26.2. The van der Waals surface area contributed by atoms with E-state index in [0.29, 0.717) is 18.2 Å². The number of nitrogens with zero attached hydrogens (tertiary/aromatic N) is 1. The number of hydrogen-bond acceptors (Lipinski definition) is 4. The molecule has 0 N–H and O–H groups in total. The zero-order chi connectivity index (χ0) is 14.4. The Morgan fingerprint density at radius 3 is 2.74 bits per heavy atom. The molecule has 0 aromatic heterocycles. The molecule has 0 radical (unpaired) electrons. The van der Waals surface area contributed by atoms with Gasteiger partial charge in [-0.1, -0.05) is 23.6 Å². The Morgan fingerprint density at radius 1 is 1.47 bits per heavy atom. The van der Waals surface area contributed by atoms with Gasteiger partial charge in [-0.25, -0.2) is 4.39 Å². The molecule has 0 atom stereocenters. The van der Waals surface area contributed by atoms with Crippen molar-refractivity contribution in [2.75, 3.05) is 5.75 Å². The van der Waals surface area contributed by atoms with Crippen molar-refractivity contribution in [1.29, 1.82) is 0 Å². The number of nitro benzene ring substituents is 1. The van der Waals surface area contributed by atoms with Gasteiger partial charge in [0.2, 0.25) is 5.82 Å². The van der Waals surface area contributed by atoms with E-state index in [1.165, 1.54) is 6.92 Å². The zero-order valence-corrected chi connectivity index (χ0v) is 10.7. The van der Waals surface area contributed by atoms with Crippen LogP contribution in [0.2, 0.25) is 0 Å². The summed E-state index contributed by atoms with van der Waals surface area (Å²) in [5, 5.41) is 10.6. The van der Waals surface area contributed by atoms with Crippen LogP contribution in [0.3, 0.4) is 0 Å². The highest BCUT2D eigenvalue weighted by atomic mass is 32.2. The molecule has 0 fully saturated rings. The van der Waals surface area contributed by atoms with E-state index >= 15 is 0 Å². The van der Waals surface area contributed by atoms with Gasteiger partial charge in [-0.05, 0) is 6.07 Å². The van der Waals surface area contributed by atoms with Crippen LogP contribution in [0.1, 0.15) is 18.9 Å². The molecule has 1 aromatic carbocycles. The van der Waals surface area contributed by atoms with Crippen LogP contribution in [0.4, 0.5) is 14.5 Å². The quantitative estimate of drug-likeness (QED) is 0.371. The number of thioether (sulfide) groups is 1. The van der Waals surface area contributed by atoms with E-state index in [0.717, 1.165) is 17.8 Å². The second kappa shape index (κ2) is 6.85. The highest BCUT2D eigenvalue weighted by Gasteiger charge is 2.20. The minimum atomic E-state index is -1.26. The fourth-order valence-electron chi connectivity index (χ4n) is 1.25. The van der Waals surface area contributed by atoms with Crippen molar-refractivity contribution in [3.05, 3.63) is 39.4 Å². The van der Waals surface area contributed by atoms with Crippen LogP contribution < -0.4 is 0 Å². The van der Waals surface area contributed by atoms with Crippen LogP contribution in [-0.2, 0) is 4.79 Å². The van der Waals surface area contributed by atoms with Crippen LogP contribution in [0.15, 0.2) is 12.1 Å². The van der Waals surface area contributed by atoms with Gasteiger partial charge in [-0.3, -0.25) is 14.9 Å². The predicted molar refractivity (Wildman–Crippen MR) is 67.6 cm³/mol. The average Bonchev–Trinajstić information content (AvgIpc) is 2.26. The van der Waals surface area contributed by atoms with Gasteiger partial charge < -0.3 is 0 Å². The minimum absolute atomic E-state index is 0.0652. The average molecular weight is 285 g/mol. The molecule has 0 saturated heterocycles. The van der Waals surface area contributed by atoms with Gasteiger partial charge in [0, 0.05) is 25.2 Å². The molecule has 19 heavy (non-hydrogen) atoms. The Kier molecular flexibility index (Phi) is 5.45. The molecule has 1 aromatic rings. The standard InChI is InChI=1S/C12H9F2NO3S/c1-8(16)19-5-3-2-4-9-6-10(13)7-11(14)12(9)15(17)18/h6-7H,3,5H2,1H3. The summed E-state index contributed by atoms with van der Waals surface area (Å²) in [6, 6.07) is 1.25. The molecule has 1 rings (SSSR count). The minimum Gasteiger partial charge on any atom is -0.288 e. The van der Waals surface area contributed by atoms with Crippen molar-refractivity contribution in [3.8, 4) is 11.8 Å². The van der Waals surface area contributed by atoms with E-state index in [1.54, 1.807) is 0 Å². The Morgan fingerprint density at radius 2 is 2.16 bits per heavy atom. The summed E-state index contributed by atoms with van der Waals surface area (Å²) in [5.74, 6) is 3.14. The van der Waals surface area contributed by atoms with Crippen LogP contribution >= 0.6 is 11.8 Å². The summed E-state index contributed by atoms with van der Waals surface area (Å²) in [6.07, 6.45) is 0.291. The SMILES string of the molecule is CC(=O)SCCC#Cc1cc(F)cc(F)c1[N+](=O)[O-]. The Hall–Kier alpha value is -1.94. The van der Waals surface area contributed by atoms with Gasteiger partial charge in [0.25, 0.3) is 0 Å². The first-order valence-electron chi connectivity index (χ1n) is 5.17. The number of benzene rings is 1. The Labute approximate surface area is 112 Å². The fourth-order valence-corrected chi connectivity index (χ4v) is 1.74. The molecule has 0 amide bonds. The Balaban J connectivity index is 2.91. The van der Waals surface area contributed by atoms with E-state index in [1.807, 2.05) is 0 Å². The maximum atomic E-state index is 13.2. The molecule has 0 heterocycles. The lowest BCUT2D eigenvalue weighted by Gasteiger charge is -1.97. The van der Waals surface area contributed by atoms with Gasteiger partial charge in [0.05, 0.1) is 4.92 Å². The first-order chi connectivity index (χ1) is 8.91. The second-order valence-corrected chi connectivity index (χ2v) is 4.70. The van der Waals surface area contributed by atoms with Crippen molar-refractivity contribution >= 4 is 22.6 Å². The third-order valence-corrected chi connectivity index (χ3v) is 2.78. The number of rotatable bonds is 3. The number of halogens is 2. The lowest BCUT2D eigenvalue weighted by atomic mass is 10.1. The van der Waals surface area contributed by atoms with Crippen LogP contribution in [0.25, 0.3) is 0 Å². The second-order valence-electron chi connectivity index (χ2n) is 3.43. The lowest BCUT2D eigenvalue weighted by molar-refractivity contribution is -0.387. The predicted octanol–water partition coefficient (Wildman–Crippen LogP) is 2.89. The molecular weight excluding hydrogens is 276 g/mol. The number of carbonyl (C=O) groups excluding carboxylic acids is 1. The third-order valence-electron chi connectivity index (χ3n) is 1.97. The molecule has 0 aliphatic carbocycles. The first-order valence-corrected chi connectivity index (χ1v) is 6.16. The third kappa shape index (κ3) is 4.67. The molecular formula is C12H9F2NO3S. The molecule has 0 saturated carbocycles. The summed E-state index contributed by atoms with van der Waals surface area (Å²) in [4.78, 5) is 20.4. The number of hydrogen-bond donors (Lipinski definition) is 0. The summed E-state index contributed by atoms with van der Waals surface area (Å²) in [5.41, 5.74) is -1.15. The van der Waals surface area contributed by atoms with Crippen molar-refractivity contribution < 1.29 is 18.5 Å². The normalized spacial score (nSPS) is 9.63. The maximum Gasteiger partial charge on any atom is 0.320 e. The molecule has 0 bridgehead atoms. The fraction of sp³-hybridized carbons (Fsp3) is 0.250. The lowest BCUT2D eigenvalue weighted by Crippen LogP contribution is -1.97. The van der Waals surface area contributed by atoms with Crippen LogP contribution in [-0.4, -0.2) is 15.8 Å². The molecule has 0 aliphatic heterocycles. The number of carbonyl (C=O) groups is 1. The van der Waals surface area contributed by atoms with Gasteiger partial charge in [0.15, 0.2) is 5.12 Å².